The zero-order valence-corrected chi connectivity index (χ0v) is 19.3. The molecule has 0 bridgehead atoms. The third-order valence-corrected chi connectivity index (χ3v) is 7.68. The van der Waals surface area contributed by atoms with Gasteiger partial charge in [-0.25, -0.2) is 26.7 Å². The summed E-state index contributed by atoms with van der Waals surface area (Å²) in [6.07, 6.45) is 2.36. The number of primary sulfonamides is 1. The number of hydrogen-bond donors (Lipinski definition) is 6. The lowest BCUT2D eigenvalue weighted by molar-refractivity contribution is 0.186. The number of hydrogen-bond acceptors (Lipinski definition) is 11. The molecule has 0 unspecified atom stereocenters. The van der Waals surface area contributed by atoms with Crippen molar-refractivity contribution in [2.24, 2.45) is 16.6 Å². The van der Waals surface area contributed by atoms with Gasteiger partial charge in [0.15, 0.2) is 0 Å². The highest BCUT2D eigenvalue weighted by atomic mass is 32.2. The maximum atomic E-state index is 13.0. The second-order valence-electron chi connectivity index (χ2n) is 7.43. The highest BCUT2D eigenvalue weighted by Crippen LogP contribution is 2.39. The van der Waals surface area contributed by atoms with Crippen molar-refractivity contribution in [2.45, 2.75) is 28.7 Å². The summed E-state index contributed by atoms with van der Waals surface area (Å²) in [6, 6.07) is 2.62. The minimum atomic E-state index is -4.59. The van der Waals surface area contributed by atoms with E-state index in [-0.39, 0.29) is 17.9 Å². The van der Waals surface area contributed by atoms with Gasteiger partial charge in [0.2, 0.25) is 25.9 Å². The van der Waals surface area contributed by atoms with Gasteiger partial charge < -0.3 is 21.5 Å². The SMILES string of the molecule is NC/C=C1\CCCN(c2ccc(S(=O)(=O)NC[C@H](O)CN)c(S(N)(=O)=O)c2-c2nn[nH]n2)C1. The normalized spacial score (nSPS) is 17.5. The van der Waals surface area contributed by atoms with Gasteiger partial charge >= 0.3 is 0 Å². The molecule has 16 heteroatoms. The summed E-state index contributed by atoms with van der Waals surface area (Å²) in [4.78, 5) is 0.603. The monoisotopic (exact) mass is 501 g/mol. The van der Waals surface area contributed by atoms with E-state index in [4.69, 9.17) is 16.6 Å². The molecule has 1 aliphatic heterocycles. The van der Waals surface area contributed by atoms with Crippen molar-refractivity contribution < 1.29 is 21.9 Å². The Morgan fingerprint density at radius 1 is 1.27 bits per heavy atom. The zero-order valence-electron chi connectivity index (χ0n) is 17.7. The van der Waals surface area contributed by atoms with Gasteiger partial charge in [0, 0.05) is 38.4 Å². The number of benzene rings is 1. The van der Waals surface area contributed by atoms with Crippen molar-refractivity contribution in [3.8, 4) is 11.4 Å². The summed E-state index contributed by atoms with van der Waals surface area (Å²) in [5, 5.41) is 28.6. The Morgan fingerprint density at radius 3 is 2.64 bits per heavy atom. The number of rotatable bonds is 9. The average molecular weight is 502 g/mol. The van der Waals surface area contributed by atoms with Crippen molar-refractivity contribution in [3.63, 3.8) is 0 Å². The molecule has 1 atom stereocenters. The summed E-state index contributed by atoms with van der Waals surface area (Å²) >= 11 is 0. The Kier molecular flexibility index (Phi) is 7.78. The fraction of sp³-hybridized carbons (Fsp3) is 0.471. The predicted octanol–water partition coefficient (Wildman–Crippen LogP) is -2.40. The zero-order chi connectivity index (χ0) is 24.2. The maximum Gasteiger partial charge on any atom is 0.242 e. The summed E-state index contributed by atoms with van der Waals surface area (Å²) < 4.78 is 53.5. The first kappa shape index (κ1) is 25.2. The molecular weight excluding hydrogens is 474 g/mol. The largest absolute Gasteiger partial charge is 0.390 e. The first-order valence-corrected chi connectivity index (χ1v) is 13.1. The molecule has 9 N–H and O–H groups in total. The fourth-order valence-electron chi connectivity index (χ4n) is 3.60. The molecule has 1 aliphatic rings. The van der Waals surface area contributed by atoms with Crippen molar-refractivity contribution in [1.29, 1.82) is 0 Å². The second-order valence-corrected chi connectivity index (χ2v) is 10.7. The highest BCUT2D eigenvalue weighted by Gasteiger charge is 2.33. The Morgan fingerprint density at radius 2 is 2.03 bits per heavy atom. The lowest BCUT2D eigenvalue weighted by atomic mass is 10.0. The molecule has 0 spiro atoms. The summed E-state index contributed by atoms with van der Waals surface area (Å²) in [7, 11) is -9.01. The Balaban J connectivity index is 2.23. The number of nitrogens with zero attached hydrogens (tertiary/aromatic N) is 4. The molecule has 1 aromatic heterocycles. The molecule has 0 saturated carbocycles. The van der Waals surface area contributed by atoms with Gasteiger partial charge in [0.1, 0.15) is 9.79 Å². The highest BCUT2D eigenvalue weighted by molar-refractivity contribution is 7.92. The molecule has 1 fully saturated rings. The number of nitrogens with one attached hydrogen (secondary N) is 2. The first-order chi connectivity index (χ1) is 15.6. The molecule has 33 heavy (non-hydrogen) atoms. The van der Waals surface area contributed by atoms with Crippen LogP contribution in [0.2, 0.25) is 0 Å². The third kappa shape index (κ3) is 5.72. The number of aromatic amines is 1. The molecule has 0 amide bonds. The number of H-pyrrole nitrogens is 1. The molecule has 3 rings (SSSR count). The number of aromatic nitrogens is 4. The van der Waals surface area contributed by atoms with Crippen molar-refractivity contribution in [1.82, 2.24) is 25.3 Å². The molecule has 2 heterocycles. The average Bonchev–Trinajstić information content (AvgIpc) is 3.31. The van der Waals surface area contributed by atoms with E-state index in [0.29, 0.717) is 25.3 Å². The van der Waals surface area contributed by atoms with Gasteiger partial charge in [-0.2, -0.15) is 5.21 Å². The van der Waals surface area contributed by atoms with Crippen LogP contribution in [-0.4, -0.2) is 81.4 Å². The lowest BCUT2D eigenvalue weighted by Gasteiger charge is -2.32. The van der Waals surface area contributed by atoms with Crippen LogP contribution in [0.5, 0.6) is 0 Å². The number of tetrazole rings is 1. The Hall–Kier alpha value is -2.47. The van der Waals surface area contributed by atoms with Crippen LogP contribution in [-0.2, 0) is 20.0 Å². The van der Waals surface area contributed by atoms with Gasteiger partial charge in [0.05, 0.1) is 11.7 Å². The minimum Gasteiger partial charge on any atom is -0.390 e. The number of aliphatic hydroxyl groups is 1. The third-order valence-electron chi connectivity index (χ3n) is 5.09. The molecular formula is C17H27N9O5S2. The van der Waals surface area contributed by atoms with Crippen LogP contribution in [0.15, 0.2) is 33.6 Å². The molecule has 0 aliphatic carbocycles. The van der Waals surface area contributed by atoms with Crippen molar-refractivity contribution in [2.75, 3.05) is 37.6 Å². The standard InChI is InChI=1S/C17H27N9O5S2/c18-6-5-11-2-1-7-26(10-11)13-3-4-14(33(30,31)21-9-12(27)8-19)16(32(20,28)29)15(13)17-22-24-25-23-17/h3-5,12,21,27H,1-2,6-10,18-19H2,(H2,20,28,29)(H,22,23,24,25)/b11-5+/t12-/m1/s1. The molecule has 1 aromatic carbocycles. The van der Waals surface area contributed by atoms with E-state index in [9.17, 15) is 21.9 Å². The van der Waals surface area contributed by atoms with Crippen LogP contribution in [0, 0.1) is 0 Å². The van der Waals surface area contributed by atoms with Crippen LogP contribution in [0.4, 0.5) is 5.69 Å². The van der Waals surface area contributed by atoms with E-state index < -0.39 is 42.5 Å². The molecule has 1 saturated heterocycles. The number of aliphatic hydroxyl groups excluding tert-OH is 1. The van der Waals surface area contributed by atoms with Crippen LogP contribution in [0.3, 0.4) is 0 Å². The van der Waals surface area contributed by atoms with E-state index in [1.165, 1.54) is 6.07 Å². The summed E-state index contributed by atoms with van der Waals surface area (Å²) in [5.74, 6) is -0.136. The number of sulfonamides is 2. The predicted molar refractivity (Wildman–Crippen MR) is 120 cm³/mol. The quantitative estimate of drug-likeness (QED) is 0.198. The van der Waals surface area contributed by atoms with Gasteiger partial charge in [-0.15, -0.1) is 10.2 Å². The van der Waals surface area contributed by atoms with Gasteiger partial charge in [-0.05, 0) is 30.2 Å². The van der Waals surface area contributed by atoms with Crippen LogP contribution < -0.4 is 26.2 Å². The Labute approximate surface area is 191 Å². The lowest BCUT2D eigenvalue weighted by Crippen LogP contribution is -2.37. The fourth-order valence-corrected chi connectivity index (χ4v) is 6.27. The van der Waals surface area contributed by atoms with Crippen molar-refractivity contribution in [3.05, 3.63) is 23.8 Å². The van der Waals surface area contributed by atoms with Crippen LogP contribution >= 0.6 is 0 Å². The van der Waals surface area contributed by atoms with E-state index in [2.05, 4.69) is 25.3 Å². The second kappa shape index (κ2) is 10.2. The summed E-state index contributed by atoms with van der Waals surface area (Å²) in [5.41, 5.74) is 12.3. The van der Waals surface area contributed by atoms with Gasteiger partial charge in [-0.1, -0.05) is 11.6 Å². The van der Waals surface area contributed by atoms with E-state index in [1.807, 2.05) is 11.0 Å². The number of piperidine rings is 1. The Bertz CT molecular complexity index is 1210. The first-order valence-electron chi connectivity index (χ1n) is 10.0. The number of nitrogens with two attached hydrogens (primary N) is 3. The van der Waals surface area contributed by atoms with Gasteiger partial charge in [0.25, 0.3) is 0 Å². The molecule has 2 aromatic rings. The van der Waals surface area contributed by atoms with E-state index in [1.54, 1.807) is 0 Å². The van der Waals surface area contributed by atoms with Crippen molar-refractivity contribution >= 4 is 25.7 Å². The maximum absolute atomic E-state index is 13.0. The van der Waals surface area contributed by atoms with Crippen LogP contribution in [0.1, 0.15) is 12.8 Å². The topological polar surface area (TPSA) is 236 Å². The van der Waals surface area contributed by atoms with E-state index >= 15 is 0 Å². The van der Waals surface area contributed by atoms with E-state index in [0.717, 1.165) is 24.5 Å². The smallest absolute Gasteiger partial charge is 0.242 e. The summed E-state index contributed by atoms with van der Waals surface area (Å²) in [6.45, 7) is 0.788. The molecule has 14 nitrogen and oxygen atoms in total. The number of anilines is 1. The van der Waals surface area contributed by atoms with Crippen LogP contribution in [0.25, 0.3) is 11.4 Å². The molecule has 0 radical (unpaired) electrons. The van der Waals surface area contributed by atoms with Gasteiger partial charge in [-0.3, -0.25) is 0 Å². The molecule has 182 valence electrons. The minimum absolute atomic E-state index is 0.0949.